The summed E-state index contributed by atoms with van der Waals surface area (Å²) in [5.74, 6) is -0.509. The van der Waals surface area contributed by atoms with Crippen molar-refractivity contribution in [3.63, 3.8) is 0 Å². The van der Waals surface area contributed by atoms with Crippen LogP contribution in [0.5, 0.6) is 0 Å². The first-order valence-corrected chi connectivity index (χ1v) is 4.28. The third-order valence-electron chi connectivity index (χ3n) is 1.66. The van der Waals surface area contributed by atoms with Crippen molar-refractivity contribution in [3.8, 4) is 0 Å². The van der Waals surface area contributed by atoms with Gasteiger partial charge in [0.25, 0.3) is 0 Å². The third kappa shape index (κ3) is 2.16. The Bertz CT molecular complexity index is 360. The number of pyridine rings is 1. The molecule has 0 aromatic carbocycles. The number of nitrogens with zero attached hydrogens (tertiary/aromatic N) is 1. The Hall–Kier alpha value is -1.71. The van der Waals surface area contributed by atoms with Gasteiger partial charge in [-0.1, -0.05) is 0 Å². The summed E-state index contributed by atoms with van der Waals surface area (Å²) in [6.45, 7) is 3.79. The molecular weight excluding hydrogens is 182 g/mol. The van der Waals surface area contributed by atoms with E-state index in [1.54, 1.807) is 19.9 Å². The molecule has 0 atom stereocenters. The van der Waals surface area contributed by atoms with Crippen LogP contribution in [-0.4, -0.2) is 23.8 Å². The van der Waals surface area contributed by atoms with Crippen LogP contribution in [-0.2, 0) is 4.74 Å². The van der Waals surface area contributed by atoms with E-state index < -0.39 is 5.97 Å². The zero-order valence-corrected chi connectivity index (χ0v) is 8.11. The highest BCUT2D eigenvalue weighted by Crippen LogP contribution is 2.08. The molecule has 1 rings (SSSR count). The first-order chi connectivity index (χ1) is 6.69. The fourth-order valence-corrected chi connectivity index (χ4v) is 1.05. The summed E-state index contributed by atoms with van der Waals surface area (Å²) in [5, 5.41) is 0. The van der Waals surface area contributed by atoms with Gasteiger partial charge in [0.15, 0.2) is 6.29 Å². The van der Waals surface area contributed by atoms with Crippen LogP contribution in [0, 0.1) is 6.92 Å². The molecule has 4 heteroatoms. The summed E-state index contributed by atoms with van der Waals surface area (Å²) in [6, 6.07) is 1.59. The molecule has 4 nitrogen and oxygen atoms in total. The molecule has 0 saturated carbocycles. The van der Waals surface area contributed by atoms with Crippen molar-refractivity contribution >= 4 is 12.3 Å². The average Bonchev–Trinajstić information content (AvgIpc) is 2.18. The Morgan fingerprint density at radius 1 is 1.64 bits per heavy atom. The molecule has 0 saturated heterocycles. The highest BCUT2D eigenvalue weighted by molar-refractivity contribution is 5.97. The highest BCUT2D eigenvalue weighted by atomic mass is 16.5. The Balaban J connectivity index is 3.10. The lowest BCUT2D eigenvalue weighted by Gasteiger charge is -2.04. The molecular formula is C10H11NO3. The first-order valence-electron chi connectivity index (χ1n) is 4.28. The molecule has 0 N–H and O–H groups in total. The van der Waals surface area contributed by atoms with Gasteiger partial charge in [0.05, 0.1) is 12.2 Å². The van der Waals surface area contributed by atoms with Crippen molar-refractivity contribution in [1.29, 1.82) is 0 Å². The number of esters is 1. The summed E-state index contributed by atoms with van der Waals surface area (Å²) in [7, 11) is 0. The van der Waals surface area contributed by atoms with E-state index in [1.165, 1.54) is 6.20 Å². The van der Waals surface area contributed by atoms with Crippen molar-refractivity contribution in [2.24, 2.45) is 0 Å². The number of carbonyl (C=O) groups is 2. The lowest BCUT2D eigenvalue weighted by Crippen LogP contribution is -2.09. The average molecular weight is 193 g/mol. The molecule has 1 heterocycles. The summed E-state index contributed by atoms with van der Waals surface area (Å²) in [5.41, 5.74) is 1.16. The van der Waals surface area contributed by atoms with Crippen LogP contribution in [0.3, 0.4) is 0 Å². The summed E-state index contributed by atoms with van der Waals surface area (Å²) in [6.07, 6.45) is 2.08. The smallest absolute Gasteiger partial charge is 0.340 e. The number of aldehydes is 1. The maximum absolute atomic E-state index is 11.4. The third-order valence-corrected chi connectivity index (χ3v) is 1.66. The minimum absolute atomic E-state index is 0.119. The Morgan fingerprint density at radius 3 is 2.93 bits per heavy atom. The molecule has 0 bridgehead atoms. The standard InChI is InChI=1S/C10H11NO3/c1-3-14-10(13)8-4-7(2)5-11-9(8)6-12/h4-6H,3H2,1-2H3. The predicted molar refractivity (Wildman–Crippen MR) is 50.3 cm³/mol. The molecule has 0 fully saturated rings. The van der Waals surface area contributed by atoms with Crippen LogP contribution in [0.25, 0.3) is 0 Å². The summed E-state index contributed by atoms with van der Waals surface area (Å²) < 4.78 is 4.79. The molecule has 1 aromatic rings. The lowest BCUT2D eigenvalue weighted by atomic mass is 10.1. The Labute approximate surface area is 81.9 Å². The summed E-state index contributed by atoms with van der Waals surface area (Å²) >= 11 is 0. The lowest BCUT2D eigenvalue weighted by molar-refractivity contribution is 0.0523. The minimum Gasteiger partial charge on any atom is -0.462 e. The van der Waals surface area contributed by atoms with Gasteiger partial charge in [-0.15, -0.1) is 0 Å². The normalized spacial score (nSPS) is 9.57. The second kappa shape index (κ2) is 4.50. The van der Waals surface area contributed by atoms with Gasteiger partial charge in [0, 0.05) is 6.20 Å². The maximum Gasteiger partial charge on any atom is 0.340 e. The monoisotopic (exact) mass is 193 g/mol. The first kappa shape index (κ1) is 10.4. The fraction of sp³-hybridized carbons (Fsp3) is 0.300. The van der Waals surface area contributed by atoms with Crippen LogP contribution in [0.4, 0.5) is 0 Å². The second-order valence-electron chi connectivity index (χ2n) is 2.78. The topological polar surface area (TPSA) is 56.3 Å². The van der Waals surface area contributed by atoms with E-state index in [2.05, 4.69) is 4.98 Å². The van der Waals surface area contributed by atoms with E-state index in [0.29, 0.717) is 6.29 Å². The van der Waals surface area contributed by atoms with Gasteiger partial charge >= 0.3 is 5.97 Å². The molecule has 14 heavy (non-hydrogen) atoms. The number of ether oxygens (including phenoxy) is 1. The Kier molecular flexibility index (Phi) is 3.34. The summed E-state index contributed by atoms with van der Waals surface area (Å²) in [4.78, 5) is 25.8. The maximum atomic E-state index is 11.4. The SMILES string of the molecule is CCOC(=O)c1cc(C)cnc1C=O. The number of aryl methyl sites for hydroxylation is 1. The number of rotatable bonds is 3. The molecule has 1 aromatic heterocycles. The van der Waals surface area contributed by atoms with Gasteiger partial charge in [-0.3, -0.25) is 9.78 Å². The number of hydrogen-bond acceptors (Lipinski definition) is 4. The van der Waals surface area contributed by atoms with E-state index in [4.69, 9.17) is 4.74 Å². The van der Waals surface area contributed by atoms with Gasteiger partial charge in [0.2, 0.25) is 0 Å². The van der Waals surface area contributed by atoms with Crippen molar-refractivity contribution in [2.45, 2.75) is 13.8 Å². The molecule has 0 amide bonds. The second-order valence-corrected chi connectivity index (χ2v) is 2.78. The van der Waals surface area contributed by atoms with Crippen LogP contribution in [0.2, 0.25) is 0 Å². The number of carbonyl (C=O) groups excluding carboxylic acids is 2. The van der Waals surface area contributed by atoms with E-state index in [9.17, 15) is 9.59 Å². The quantitative estimate of drug-likeness (QED) is 0.537. The predicted octanol–water partition coefficient (Wildman–Crippen LogP) is 1.38. The van der Waals surface area contributed by atoms with Crippen LogP contribution < -0.4 is 0 Å². The zero-order valence-electron chi connectivity index (χ0n) is 8.11. The largest absolute Gasteiger partial charge is 0.462 e. The van der Waals surface area contributed by atoms with Gasteiger partial charge < -0.3 is 4.74 Å². The zero-order chi connectivity index (χ0) is 10.6. The van der Waals surface area contributed by atoms with Gasteiger partial charge in [0.1, 0.15) is 5.69 Å². The molecule has 0 radical (unpaired) electrons. The molecule has 74 valence electrons. The van der Waals surface area contributed by atoms with E-state index in [0.717, 1.165) is 5.56 Å². The molecule has 0 aliphatic heterocycles. The molecule has 0 unspecified atom stereocenters. The van der Waals surface area contributed by atoms with Gasteiger partial charge in [-0.2, -0.15) is 0 Å². The molecule has 0 spiro atoms. The van der Waals surface area contributed by atoms with Crippen molar-refractivity contribution in [2.75, 3.05) is 6.61 Å². The van der Waals surface area contributed by atoms with Crippen molar-refractivity contribution < 1.29 is 14.3 Å². The molecule has 0 aliphatic rings. The number of hydrogen-bond donors (Lipinski definition) is 0. The molecule has 0 aliphatic carbocycles. The van der Waals surface area contributed by atoms with Crippen molar-refractivity contribution in [1.82, 2.24) is 4.98 Å². The highest BCUT2D eigenvalue weighted by Gasteiger charge is 2.13. The van der Waals surface area contributed by atoms with E-state index >= 15 is 0 Å². The van der Waals surface area contributed by atoms with Crippen LogP contribution >= 0.6 is 0 Å². The van der Waals surface area contributed by atoms with Crippen LogP contribution in [0.1, 0.15) is 33.3 Å². The van der Waals surface area contributed by atoms with Crippen molar-refractivity contribution in [3.05, 3.63) is 29.1 Å². The van der Waals surface area contributed by atoms with Gasteiger partial charge in [-0.25, -0.2) is 4.79 Å². The van der Waals surface area contributed by atoms with E-state index in [-0.39, 0.29) is 17.9 Å². The minimum atomic E-state index is -0.509. The Morgan fingerprint density at radius 2 is 2.36 bits per heavy atom. The van der Waals surface area contributed by atoms with Crippen LogP contribution in [0.15, 0.2) is 12.3 Å². The van der Waals surface area contributed by atoms with Gasteiger partial charge in [-0.05, 0) is 25.5 Å². The number of aromatic nitrogens is 1. The van der Waals surface area contributed by atoms with E-state index in [1.807, 2.05) is 0 Å². The fourth-order valence-electron chi connectivity index (χ4n) is 1.05.